The number of nitrogens with one attached hydrogen (secondary N) is 1. The average Bonchev–Trinajstić information content (AvgIpc) is 3.58. The van der Waals surface area contributed by atoms with Crippen LogP contribution in [0, 0.1) is 17.8 Å². The number of esters is 1. The number of ether oxygens (including phenoxy) is 2. The lowest BCUT2D eigenvalue weighted by Crippen LogP contribution is -2.59. The average molecular weight is 687 g/mol. The van der Waals surface area contributed by atoms with Gasteiger partial charge in [0.15, 0.2) is 0 Å². The second kappa shape index (κ2) is 13.4. The van der Waals surface area contributed by atoms with Crippen molar-refractivity contribution in [3.8, 4) is 0 Å². The van der Waals surface area contributed by atoms with E-state index in [-0.39, 0.29) is 43.3 Å². The van der Waals surface area contributed by atoms with E-state index in [2.05, 4.69) is 21.2 Å². The maximum Gasteiger partial charge on any atom is 0.313 e. The molecule has 1 aromatic carbocycles. The molecule has 11 heteroatoms. The third-order valence-corrected chi connectivity index (χ3v) is 10.0. The SMILES string of the molecule is CC(C)C[C@H](CO)N1C(=O)[C@H]2[C@@H]3C(=O)O[C@H](c4ccccc4)[C@@H](C)NC(=O)CC/C=C\CN(C(C)C)C(=O)[C@H]1[C@@]21C=C(Br)[C@@H]3O1. The number of hydrogen-bond acceptors (Lipinski definition) is 7. The second-order valence-corrected chi connectivity index (χ2v) is 14.2. The maximum atomic E-state index is 14.7. The van der Waals surface area contributed by atoms with Crippen LogP contribution in [0.3, 0.4) is 0 Å². The van der Waals surface area contributed by atoms with Gasteiger partial charge in [0.2, 0.25) is 17.7 Å². The number of likely N-dealkylation sites (tertiary alicyclic amines) is 1. The predicted molar refractivity (Wildman–Crippen MR) is 171 cm³/mol. The van der Waals surface area contributed by atoms with Crippen molar-refractivity contribution < 1.29 is 33.8 Å². The highest BCUT2D eigenvalue weighted by Gasteiger charge is 2.75. The Kier molecular flexibility index (Phi) is 9.91. The summed E-state index contributed by atoms with van der Waals surface area (Å²) in [6, 6.07) is 6.63. The molecule has 2 saturated heterocycles. The van der Waals surface area contributed by atoms with Crippen LogP contribution in [0.1, 0.15) is 65.5 Å². The quantitative estimate of drug-likeness (QED) is 0.346. The maximum absolute atomic E-state index is 14.7. The molecule has 4 heterocycles. The summed E-state index contributed by atoms with van der Waals surface area (Å²) in [6.07, 6.45) is 5.00. The van der Waals surface area contributed by atoms with Crippen LogP contribution in [-0.2, 0) is 28.7 Å². The summed E-state index contributed by atoms with van der Waals surface area (Å²) in [7, 11) is 0. The normalized spacial score (nSPS) is 33.8. The number of carbonyl (C=O) groups is 4. The molecule has 0 saturated carbocycles. The van der Waals surface area contributed by atoms with E-state index in [1.54, 1.807) is 17.9 Å². The molecule has 4 aliphatic rings. The Labute approximate surface area is 273 Å². The molecule has 0 unspecified atom stereocenters. The summed E-state index contributed by atoms with van der Waals surface area (Å²) in [6.45, 7) is 9.51. The van der Waals surface area contributed by atoms with E-state index in [1.807, 2.05) is 70.2 Å². The zero-order chi connectivity index (χ0) is 32.6. The van der Waals surface area contributed by atoms with E-state index in [4.69, 9.17) is 9.47 Å². The monoisotopic (exact) mass is 685 g/mol. The highest BCUT2D eigenvalue weighted by atomic mass is 79.9. The van der Waals surface area contributed by atoms with Gasteiger partial charge in [0, 0.05) is 23.5 Å². The number of allylic oxidation sites excluding steroid dienone is 1. The largest absolute Gasteiger partial charge is 0.455 e. The molecule has 1 spiro atoms. The Hall–Kier alpha value is -3.02. The lowest BCUT2D eigenvalue weighted by molar-refractivity contribution is -0.162. The Morgan fingerprint density at radius 2 is 1.76 bits per heavy atom. The van der Waals surface area contributed by atoms with Crippen LogP contribution in [0.2, 0.25) is 0 Å². The zero-order valence-corrected chi connectivity index (χ0v) is 28.1. The van der Waals surface area contributed by atoms with Crippen molar-refractivity contribution in [3.05, 3.63) is 58.6 Å². The highest BCUT2D eigenvalue weighted by molar-refractivity contribution is 9.11. The van der Waals surface area contributed by atoms with Crippen LogP contribution in [0.5, 0.6) is 0 Å². The number of amides is 3. The third kappa shape index (κ3) is 6.11. The fraction of sp³-hybridized carbons (Fsp3) is 0.588. The summed E-state index contributed by atoms with van der Waals surface area (Å²) in [5, 5.41) is 13.6. The summed E-state index contributed by atoms with van der Waals surface area (Å²) in [5.41, 5.74) is -0.735. The molecule has 2 fully saturated rings. The number of nitrogens with zero attached hydrogens (tertiary/aromatic N) is 2. The number of benzene rings is 1. The number of cyclic esters (lactones) is 1. The van der Waals surface area contributed by atoms with Gasteiger partial charge >= 0.3 is 5.97 Å². The van der Waals surface area contributed by atoms with E-state index in [0.29, 0.717) is 22.9 Å². The first kappa shape index (κ1) is 33.3. The molecule has 0 radical (unpaired) electrons. The fourth-order valence-electron chi connectivity index (χ4n) is 7.36. The fourth-order valence-corrected chi connectivity index (χ4v) is 8.09. The van der Waals surface area contributed by atoms with Crippen molar-refractivity contribution in [1.29, 1.82) is 0 Å². The molecule has 3 amide bonds. The van der Waals surface area contributed by atoms with Gasteiger partial charge in [-0.3, -0.25) is 19.2 Å². The molecule has 0 aromatic heterocycles. The van der Waals surface area contributed by atoms with Crippen molar-refractivity contribution in [2.45, 2.75) is 95.9 Å². The molecule has 45 heavy (non-hydrogen) atoms. The van der Waals surface area contributed by atoms with Crippen LogP contribution >= 0.6 is 15.9 Å². The Balaban J connectivity index is 1.64. The number of fused-ring (bicyclic) bond motifs is 2. The minimum absolute atomic E-state index is 0.127. The molecule has 8 atom stereocenters. The van der Waals surface area contributed by atoms with Gasteiger partial charge in [0.1, 0.15) is 29.8 Å². The highest BCUT2D eigenvalue weighted by Crippen LogP contribution is 2.59. The Morgan fingerprint density at radius 3 is 2.40 bits per heavy atom. The predicted octanol–water partition coefficient (Wildman–Crippen LogP) is 3.64. The molecule has 5 rings (SSSR count). The lowest BCUT2D eigenvalue weighted by Gasteiger charge is -2.40. The number of aliphatic hydroxyl groups is 1. The third-order valence-electron chi connectivity index (χ3n) is 9.34. The molecular formula is C34H44BrN3O7. The van der Waals surface area contributed by atoms with E-state index in [9.17, 15) is 24.3 Å². The van der Waals surface area contributed by atoms with Gasteiger partial charge in [-0.1, -0.05) is 72.3 Å². The topological polar surface area (TPSA) is 125 Å². The van der Waals surface area contributed by atoms with Crippen LogP contribution in [0.4, 0.5) is 0 Å². The van der Waals surface area contributed by atoms with Gasteiger partial charge in [0.25, 0.3) is 0 Å². The van der Waals surface area contributed by atoms with Crippen LogP contribution in [0.15, 0.2) is 53.0 Å². The first-order valence-electron chi connectivity index (χ1n) is 15.9. The number of aliphatic hydroxyl groups excluding tert-OH is 1. The van der Waals surface area contributed by atoms with Gasteiger partial charge in [-0.2, -0.15) is 0 Å². The summed E-state index contributed by atoms with van der Waals surface area (Å²) in [5.74, 6) is -3.53. The van der Waals surface area contributed by atoms with Gasteiger partial charge in [-0.15, -0.1) is 0 Å². The van der Waals surface area contributed by atoms with Crippen molar-refractivity contribution in [1.82, 2.24) is 15.1 Å². The standard InChI is InChI=1S/C34H44BrN3O7/c1-19(2)16-23(18-39)38-30-32(42)37(20(3)4)15-11-7-10-14-25(40)36-21(5)28(22-12-8-6-9-13-22)44-33(43)26-27(31(38)41)34(30)17-24(35)29(26)45-34/h6-9,11-13,17,19-21,23,26-30,39H,10,14-16,18H2,1-5H3,(H,36,40)/b11-7-/t21-,23-,26+,27-,28+,29+,30+,34-/m1/s1. The van der Waals surface area contributed by atoms with Crippen LogP contribution in [-0.4, -0.2) is 87.6 Å². The number of carbonyl (C=O) groups excluding carboxylic acids is 4. The molecule has 244 valence electrons. The molecule has 0 aliphatic carbocycles. The zero-order valence-electron chi connectivity index (χ0n) is 26.5. The van der Waals surface area contributed by atoms with E-state index < -0.39 is 59.6 Å². The first-order chi connectivity index (χ1) is 21.4. The Morgan fingerprint density at radius 1 is 1.04 bits per heavy atom. The van der Waals surface area contributed by atoms with Crippen molar-refractivity contribution in [2.24, 2.45) is 17.8 Å². The summed E-state index contributed by atoms with van der Waals surface area (Å²) < 4.78 is 13.4. The number of rotatable bonds is 6. The second-order valence-electron chi connectivity index (χ2n) is 13.3. The number of hydrogen-bond donors (Lipinski definition) is 2. The van der Waals surface area contributed by atoms with Gasteiger partial charge in [-0.25, -0.2) is 0 Å². The van der Waals surface area contributed by atoms with Crippen LogP contribution < -0.4 is 5.32 Å². The van der Waals surface area contributed by atoms with Crippen molar-refractivity contribution >= 4 is 39.6 Å². The molecule has 2 N–H and O–H groups in total. The van der Waals surface area contributed by atoms with E-state index in [1.165, 1.54) is 4.90 Å². The number of halogens is 1. The molecule has 4 aliphatic heterocycles. The summed E-state index contributed by atoms with van der Waals surface area (Å²) in [4.78, 5) is 59.6. The van der Waals surface area contributed by atoms with Crippen LogP contribution in [0.25, 0.3) is 0 Å². The first-order valence-corrected chi connectivity index (χ1v) is 16.7. The molecule has 1 aromatic rings. The smallest absolute Gasteiger partial charge is 0.313 e. The molecular weight excluding hydrogens is 642 g/mol. The van der Waals surface area contributed by atoms with Gasteiger partial charge < -0.3 is 29.7 Å². The molecule has 5 bridgehead atoms. The Bertz CT molecular complexity index is 1360. The van der Waals surface area contributed by atoms with E-state index in [0.717, 1.165) is 0 Å². The minimum Gasteiger partial charge on any atom is -0.455 e. The summed E-state index contributed by atoms with van der Waals surface area (Å²) >= 11 is 3.59. The molecule has 10 nitrogen and oxygen atoms in total. The van der Waals surface area contributed by atoms with Crippen molar-refractivity contribution in [2.75, 3.05) is 13.2 Å². The minimum atomic E-state index is -1.43. The van der Waals surface area contributed by atoms with Gasteiger partial charge in [0.05, 0.1) is 24.6 Å². The van der Waals surface area contributed by atoms with E-state index >= 15 is 0 Å². The lowest BCUT2D eigenvalue weighted by atomic mass is 9.74. The van der Waals surface area contributed by atoms with Gasteiger partial charge in [-0.05, 0) is 51.2 Å². The van der Waals surface area contributed by atoms with Crippen molar-refractivity contribution in [3.63, 3.8) is 0 Å².